The minimum atomic E-state index is -0.767. The lowest BCUT2D eigenvalue weighted by molar-refractivity contribution is -0.133. The van der Waals surface area contributed by atoms with Crippen LogP contribution in [0.3, 0.4) is 0 Å². The summed E-state index contributed by atoms with van der Waals surface area (Å²) in [6, 6.07) is 11.4. The van der Waals surface area contributed by atoms with Gasteiger partial charge in [-0.2, -0.15) is 0 Å². The van der Waals surface area contributed by atoms with Gasteiger partial charge in [-0.3, -0.25) is 9.59 Å². The molecule has 0 unspecified atom stereocenters. The average molecular weight is 353 g/mol. The van der Waals surface area contributed by atoms with Gasteiger partial charge < -0.3 is 19.9 Å². The molecule has 0 aromatic heterocycles. The summed E-state index contributed by atoms with van der Waals surface area (Å²) in [6.07, 6.45) is 0. The summed E-state index contributed by atoms with van der Waals surface area (Å²) in [5.74, 6) is -0.720. The number of ether oxygens (including phenoxy) is 2. The SMILES string of the molecule is COc1ccc([C@@H]2NC(=O)C(=O)C2=C(O)c2ccc(C)cc2)cc1OC. The molecule has 1 amide bonds. The van der Waals surface area contributed by atoms with Crippen molar-refractivity contribution in [2.45, 2.75) is 13.0 Å². The first-order valence-corrected chi connectivity index (χ1v) is 8.03. The van der Waals surface area contributed by atoms with Gasteiger partial charge in [0.2, 0.25) is 0 Å². The predicted molar refractivity (Wildman–Crippen MR) is 96.2 cm³/mol. The second kappa shape index (κ2) is 6.92. The van der Waals surface area contributed by atoms with Crippen LogP contribution in [0.5, 0.6) is 11.5 Å². The molecule has 2 aromatic rings. The first-order valence-electron chi connectivity index (χ1n) is 8.03. The fourth-order valence-corrected chi connectivity index (χ4v) is 2.92. The Kier molecular flexibility index (Phi) is 4.67. The van der Waals surface area contributed by atoms with Gasteiger partial charge in [-0.05, 0) is 24.6 Å². The molecule has 1 aliphatic rings. The van der Waals surface area contributed by atoms with Crippen molar-refractivity contribution in [2.75, 3.05) is 14.2 Å². The van der Waals surface area contributed by atoms with E-state index in [0.717, 1.165) is 5.56 Å². The summed E-state index contributed by atoms with van der Waals surface area (Å²) in [6.45, 7) is 1.92. The molecule has 6 nitrogen and oxygen atoms in total. The fraction of sp³-hybridized carbons (Fsp3) is 0.200. The van der Waals surface area contributed by atoms with Crippen LogP contribution >= 0.6 is 0 Å². The third-order valence-electron chi connectivity index (χ3n) is 4.34. The van der Waals surface area contributed by atoms with E-state index in [9.17, 15) is 14.7 Å². The summed E-state index contributed by atoms with van der Waals surface area (Å²) in [5.41, 5.74) is 2.12. The van der Waals surface area contributed by atoms with Crippen LogP contribution < -0.4 is 14.8 Å². The van der Waals surface area contributed by atoms with Crippen molar-refractivity contribution in [3.63, 3.8) is 0 Å². The van der Waals surface area contributed by atoms with E-state index in [4.69, 9.17) is 9.47 Å². The van der Waals surface area contributed by atoms with Crippen LogP contribution in [-0.4, -0.2) is 31.0 Å². The van der Waals surface area contributed by atoms with Gasteiger partial charge in [0.25, 0.3) is 11.7 Å². The number of aliphatic hydroxyl groups excluding tert-OH is 1. The molecule has 6 heteroatoms. The van der Waals surface area contributed by atoms with Crippen LogP contribution in [0.15, 0.2) is 48.0 Å². The Balaban J connectivity index is 2.11. The van der Waals surface area contributed by atoms with E-state index in [1.165, 1.54) is 14.2 Å². The Bertz CT molecular complexity index is 899. The number of aryl methyl sites for hydroxylation is 1. The number of benzene rings is 2. The Morgan fingerprint density at radius 3 is 2.27 bits per heavy atom. The maximum absolute atomic E-state index is 12.4. The van der Waals surface area contributed by atoms with Crippen LogP contribution in [0, 0.1) is 6.92 Å². The second-order valence-corrected chi connectivity index (χ2v) is 5.98. The summed E-state index contributed by atoms with van der Waals surface area (Å²) in [7, 11) is 3.02. The number of nitrogens with one attached hydrogen (secondary N) is 1. The highest BCUT2D eigenvalue weighted by Gasteiger charge is 2.39. The first kappa shape index (κ1) is 17.5. The van der Waals surface area contributed by atoms with Gasteiger partial charge in [-0.15, -0.1) is 0 Å². The van der Waals surface area contributed by atoms with E-state index >= 15 is 0 Å². The van der Waals surface area contributed by atoms with E-state index in [0.29, 0.717) is 22.6 Å². The number of ketones is 1. The average Bonchev–Trinajstić information content (AvgIpc) is 2.96. The molecular formula is C20H19NO5. The lowest BCUT2D eigenvalue weighted by Crippen LogP contribution is -2.21. The maximum atomic E-state index is 12.4. The Morgan fingerprint density at radius 2 is 1.65 bits per heavy atom. The summed E-state index contributed by atoms with van der Waals surface area (Å²) >= 11 is 0. The van der Waals surface area contributed by atoms with Crippen LogP contribution in [0.25, 0.3) is 5.76 Å². The topological polar surface area (TPSA) is 84.9 Å². The highest BCUT2D eigenvalue weighted by molar-refractivity contribution is 6.46. The van der Waals surface area contributed by atoms with E-state index in [1.54, 1.807) is 30.3 Å². The molecule has 0 saturated carbocycles. The fourth-order valence-electron chi connectivity index (χ4n) is 2.92. The third-order valence-corrected chi connectivity index (χ3v) is 4.34. The number of carbonyl (C=O) groups is 2. The summed E-state index contributed by atoms with van der Waals surface area (Å²) < 4.78 is 10.5. The van der Waals surface area contributed by atoms with Crippen molar-refractivity contribution < 1.29 is 24.2 Å². The van der Waals surface area contributed by atoms with Crippen LogP contribution in [-0.2, 0) is 9.59 Å². The molecule has 1 aliphatic heterocycles. The number of rotatable bonds is 4. The molecule has 1 saturated heterocycles. The van der Waals surface area contributed by atoms with E-state index in [1.807, 2.05) is 19.1 Å². The zero-order valence-electron chi connectivity index (χ0n) is 14.7. The quantitative estimate of drug-likeness (QED) is 0.502. The number of hydrogen-bond acceptors (Lipinski definition) is 5. The molecule has 1 atom stereocenters. The zero-order chi connectivity index (χ0) is 18.8. The minimum Gasteiger partial charge on any atom is -0.507 e. The number of aliphatic hydroxyl groups is 1. The molecule has 2 N–H and O–H groups in total. The molecule has 0 spiro atoms. The van der Waals surface area contributed by atoms with Crippen LogP contribution in [0.4, 0.5) is 0 Å². The minimum absolute atomic E-state index is 0.0195. The second-order valence-electron chi connectivity index (χ2n) is 5.98. The van der Waals surface area contributed by atoms with Gasteiger partial charge in [0, 0.05) is 5.56 Å². The molecule has 1 heterocycles. The predicted octanol–water partition coefficient (Wildman–Crippen LogP) is 2.72. The van der Waals surface area contributed by atoms with Gasteiger partial charge >= 0.3 is 0 Å². The summed E-state index contributed by atoms with van der Waals surface area (Å²) in [4.78, 5) is 24.3. The molecule has 2 aromatic carbocycles. The van der Waals surface area contributed by atoms with Crippen molar-refractivity contribution in [3.8, 4) is 11.5 Å². The van der Waals surface area contributed by atoms with Gasteiger partial charge in [0.15, 0.2) is 11.5 Å². The molecule has 0 aliphatic carbocycles. The Morgan fingerprint density at radius 1 is 1.00 bits per heavy atom. The molecule has 1 fully saturated rings. The standard InChI is InChI=1S/C20H19NO5/c1-11-4-6-12(7-5-11)18(22)16-17(21-20(24)19(16)23)13-8-9-14(25-2)15(10-13)26-3/h4-10,17,22H,1-3H3,(H,21,24)/t17-/m0/s1. The first-order chi connectivity index (χ1) is 12.5. The lowest BCUT2D eigenvalue weighted by Gasteiger charge is -2.16. The molecule has 0 bridgehead atoms. The molecular weight excluding hydrogens is 334 g/mol. The smallest absolute Gasteiger partial charge is 0.293 e. The van der Waals surface area contributed by atoms with Crippen molar-refractivity contribution in [3.05, 3.63) is 64.7 Å². The van der Waals surface area contributed by atoms with Gasteiger partial charge in [-0.1, -0.05) is 35.9 Å². The number of carbonyl (C=O) groups excluding carboxylic acids is 2. The van der Waals surface area contributed by atoms with Gasteiger partial charge in [0.1, 0.15) is 5.76 Å². The molecule has 3 rings (SSSR count). The number of Topliss-reactive ketones (excluding diaryl/α,β-unsaturated/α-hetero) is 1. The third kappa shape index (κ3) is 3.01. The lowest BCUT2D eigenvalue weighted by atomic mass is 9.95. The van der Waals surface area contributed by atoms with Crippen molar-refractivity contribution in [2.24, 2.45) is 0 Å². The molecule has 134 valence electrons. The Hall–Kier alpha value is -3.28. The van der Waals surface area contributed by atoms with Crippen molar-refractivity contribution in [1.29, 1.82) is 0 Å². The number of methoxy groups -OCH3 is 2. The maximum Gasteiger partial charge on any atom is 0.293 e. The van der Waals surface area contributed by atoms with Crippen LogP contribution in [0.1, 0.15) is 22.7 Å². The van der Waals surface area contributed by atoms with Crippen LogP contribution in [0.2, 0.25) is 0 Å². The highest BCUT2D eigenvalue weighted by atomic mass is 16.5. The van der Waals surface area contributed by atoms with Gasteiger partial charge in [-0.25, -0.2) is 0 Å². The number of hydrogen-bond donors (Lipinski definition) is 2. The van der Waals surface area contributed by atoms with Crippen molar-refractivity contribution in [1.82, 2.24) is 5.32 Å². The van der Waals surface area contributed by atoms with Crippen molar-refractivity contribution >= 4 is 17.4 Å². The normalized spacial score (nSPS) is 18.5. The van der Waals surface area contributed by atoms with Gasteiger partial charge in [0.05, 0.1) is 25.8 Å². The molecule has 26 heavy (non-hydrogen) atoms. The zero-order valence-corrected chi connectivity index (χ0v) is 14.7. The highest BCUT2D eigenvalue weighted by Crippen LogP contribution is 2.36. The van der Waals surface area contributed by atoms with E-state index in [2.05, 4.69) is 5.32 Å². The molecule has 0 radical (unpaired) electrons. The monoisotopic (exact) mass is 353 g/mol. The number of amides is 1. The van der Waals surface area contributed by atoms with E-state index < -0.39 is 17.7 Å². The summed E-state index contributed by atoms with van der Waals surface area (Å²) in [5, 5.41) is 13.3. The Labute approximate surface area is 151 Å². The largest absolute Gasteiger partial charge is 0.507 e. The van der Waals surface area contributed by atoms with E-state index in [-0.39, 0.29) is 11.3 Å².